The van der Waals surface area contributed by atoms with Crippen molar-refractivity contribution in [1.29, 1.82) is 5.41 Å². The molecule has 0 saturated carbocycles. The summed E-state index contributed by atoms with van der Waals surface area (Å²) in [4.78, 5) is 10.1. The zero-order chi connectivity index (χ0) is 37.7. The highest BCUT2D eigenvalue weighted by molar-refractivity contribution is 6.13. The number of hydrogen-bond donors (Lipinski definition) is 1. The number of allylic oxidation sites excluding steroid dienone is 1. The molecule has 0 spiro atoms. The van der Waals surface area contributed by atoms with Gasteiger partial charge in [-0.3, -0.25) is 0 Å². The molecule has 0 atom stereocenters. The third kappa shape index (κ3) is 7.22. The average molecular weight is 716 g/mol. The van der Waals surface area contributed by atoms with Crippen LogP contribution in [-0.4, -0.2) is 15.7 Å². The summed E-state index contributed by atoms with van der Waals surface area (Å²) >= 11 is 0. The summed E-state index contributed by atoms with van der Waals surface area (Å²) in [5, 5.41) is 11.3. The number of hydrogen-bond acceptors (Lipinski definition) is 3. The molecule has 0 saturated heterocycles. The maximum Gasteiger partial charge on any atom is 0.160 e. The molecule has 3 nitrogen and oxygen atoms in total. The van der Waals surface area contributed by atoms with E-state index in [0.29, 0.717) is 11.5 Å². The van der Waals surface area contributed by atoms with Crippen molar-refractivity contribution in [3.63, 3.8) is 0 Å². The van der Waals surface area contributed by atoms with Crippen molar-refractivity contribution < 1.29 is 0 Å². The van der Waals surface area contributed by atoms with Crippen LogP contribution in [0.3, 0.4) is 0 Å². The molecule has 8 aromatic carbocycles. The fourth-order valence-electron chi connectivity index (χ4n) is 7.27. The summed E-state index contributed by atoms with van der Waals surface area (Å²) in [6.07, 6.45) is 2.00. The van der Waals surface area contributed by atoms with Crippen LogP contribution in [0.1, 0.15) is 16.7 Å². The first kappa shape index (κ1) is 34.3. The first-order chi connectivity index (χ1) is 27.7. The molecule has 0 bridgehead atoms. The third-order valence-corrected chi connectivity index (χ3v) is 10.1. The molecule has 9 aromatic rings. The van der Waals surface area contributed by atoms with Gasteiger partial charge >= 0.3 is 0 Å². The van der Waals surface area contributed by atoms with Gasteiger partial charge < -0.3 is 5.41 Å². The molecule has 56 heavy (non-hydrogen) atoms. The highest BCUT2D eigenvalue weighted by Crippen LogP contribution is 2.36. The van der Waals surface area contributed by atoms with Crippen LogP contribution in [0.15, 0.2) is 218 Å². The number of benzene rings is 8. The van der Waals surface area contributed by atoms with Gasteiger partial charge in [0.05, 0.1) is 17.1 Å². The predicted molar refractivity (Wildman–Crippen MR) is 234 cm³/mol. The van der Waals surface area contributed by atoms with E-state index >= 15 is 0 Å². The minimum absolute atomic E-state index is 0.474. The Kier molecular flexibility index (Phi) is 9.47. The Hall–Kier alpha value is -7.49. The Morgan fingerprint density at radius 1 is 0.375 bits per heavy atom. The van der Waals surface area contributed by atoms with Gasteiger partial charge in [0.1, 0.15) is 0 Å². The second kappa shape index (κ2) is 15.5. The number of fused-ring (bicyclic) bond motifs is 1. The van der Waals surface area contributed by atoms with E-state index in [4.69, 9.17) is 15.4 Å². The normalized spacial score (nSPS) is 11.4. The molecule has 0 aliphatic heterocycles. The van der Waals surface area contributed by atoms with E-state index in [0.717, 1.165) is 83.4 Å². The molecule has 1 N–H and O–H groups in total. The fraction of sp³-hybridized carbons (Fsp3) is 0. The van der Waals surface area contributed by atoms with E-state index in [1.165, 1.54) is 0 Å². The minimum Gasteiger partial charge on any atom is -0.300 e. The molecule has 0 aliphatic carbocycles. The number of nitrogens with one attached hydrogen (secondary N) is 1. The number of nitrogens with zero attached hydrogens (tertiary/aromatic N) is 2. The van der Waals surface area contributed by atoms with Crippen LogP contribution in [0.4, 0.5) is 0 Å². The Labute approximate surface area is 327 Å². The quantitative estimate of drug-likeness (QED) is 0.151. The molecule has 3 heteroatoms. The lowest BCUT2D eigenvalue weighted by molar-refractivity contribution is 1.18. The smallest absolute Gasteiger partial charge is 0.160 e. The SMILES string of the molecule is N=C(/C=C(/c1ccccc1)c1cccc2ccc(-c3cccc(-c4cccc(-c5cc(-c6ccccc6)nc(-c6ccccc6)n5)c4)c3)cc12)c1ccccc1. The summed E-state index contributed by atoms with van der Waals surface area (Å²) in [6.45, 7) is 0. The van der Waals surface area contributed by atoms with Gasteiger partial charge in [-0.05, 0) is 85.6 Å². The molecule has 1 heterocycles. The topological polar surface area (TPSA) is 49.6 Å². The summed E-state index contributed by atoms with van der Waals surface area (Å²) in [5.41, 5.74) is 13.9. The average Bonchev–Trinajstić information content (AvgIpc) is 3.29. The standard InChI is InChI=1S/C53H37N3/c54-50(39-18-7-2-8-19-39)35-49(37-16-5-1-6-17-37)47-29-15-24-38-30-31-45(34-48(38)47)43-26-13-25-42(32-43)44-27-14-28-46(33-44)52-36-51(40-20-9-3-10-21-40)55-53(56-52)41-22-11-4-12-23-41/h1-36,54H/b49-35-,54-50?. The molecule has 0 fully saturated rings. The maximum absolute atomic E-state index is 9.04. The lowest BCUT2D eigenvalue weighted by atomic mass is 9.89. The fourth-order valence-corrected chi connectivity index (χ4v) is 7.27. The van der Waals surface area contributed by atoms with E-state index in [2.05, 4.69) is 140 Å². The first-order valence-corrected chi connectivity index (χ1v) is 18.8. The molecule has 264 valence electrons. The van der Waals surface area contributed by atoms with Crippen molar-refractivity contribution in [3.8, 4) is 56.2 Å². The van der Waals surface area contributed by atoms with Gasteiger partial charge in [-0.15, -0.1) is 0 Å². The second-order valence-electron chi connectivity index (χ2n) is 13.8. The maximum atomic E-state index is 9.04. The third-order valence-electron chi connectivity index (χ3n) is 10.1. The molecule has 9 rings (SSSR count). The minimum atomic E-state index is 0.474. The molecule has 0 radical (unpaired) electrons. The van der Waals surface area contributed by atoms with Crippen LogP contribution >= 0.6 is 0 Å². The Morgan fingerprint density at radius 2 is 0.857 bits per heavy atom. The summed E-state index contributed by atoms with van der Waals surface area (Å²) < 4.78 is 0. The van der Waals surface area contributed by atoms with E-state index in [9.17, 15) is 0 Å². The van der Waals surface area contributed by atoms with Crippen molar-refractivity contribution >= 4 is 22.1 Å². The Balaban J connectivity index is 1.10. The van der Waals surface area contributed by atoms with Crippen molar-refractivity contribution in [2.24, 2.45) is 0 Å². The van der Waals surface area contributed by atoms with Crippen LogP contribution in [0.25, 0.3) is 72.5 Å². The zero-order valence-corrected chi connectivity index (χ0v) is 30.7. The van der Waals surface area contributed by atoms with E-state index in [1.54, 1.807) is 0 Å². The second-order valence-corrected chi connectivity index (χ2v) is 13.8. The van der Waals surface area contributed by atoms with Crippen molar-refractivity contribution in [3.05, 3.63) is 235 Å². The van der Waals surface area contributed by atoms with Gasteiger partial charge in [-0.1, -0.05) is 188 Å². The van der Waals surface area contributed by atoms with Crippen LogP contribution in [0.2, 0.25) is 0 Å². The van der Waals surface area contributed by atoms with E-state index in [-0.39, 0.29) is 0 Å². The Morgan fingerprint density at radius 3 is 1.50 bits per heavy atom. The monoisotopic (exact) mass is 715 g/mol. The van der Waals surface area contributed by atoms with Crippen LogP contribution in [0, 0.1) is 5.41 Å². The first-order valence-electron chi connectivity index (χ1n) is 18.8. The van der Waals surface area contributed by atoms with Crippen LogP contribution in [0.5, 0.6) is 0 Å². The summed E-state index contributed by atoms with van der Waals surface area (Å²) in [7, 11) is 0. The lowest BCUT2D eigenvalue weighted by Gasteiger charge is -2.14. The highest BCUT2D eigenvalue weighted by atomic mass is 14.9. The summed E-state index contributed by atoms with van der Waals surface area (Å²) in [5.74, 6) is 0.701. The van der Waals surface area contributed by atoms with Crippen molar-refractivity contribution in [2.75, 3.05) is 0 Å². The molecular formula is C53H37N3. The summed E-state index contributed by atoms with van der Waals surface area (Å²) in [6, 6.07) is 73.4. The van der Waals surface area contributed by atoms with Crippen molar-refractivity contribution in [1.82, 2.24) is 9.97 Å². The van der Waals surface area contributed by atoms with Crippen LogP contribution in [-0.2, 0) is 0 Å². The number of aromatic nitrogens is 2. The van der Waals surface area contributed by atoms with Gasteiger partial charge in [-0.2, -0.15) is 0 Å². The highest BCUT2D eigenvalue weighted by Gasteiger charge is 2.14. The molecule has 0 aliphatic rings. The van der Waals surface area contributed by atoms with Crippen molar-refractivity contribution in [2.45, 2.75) is 0 Å². The molecule has 0 unspecified atom stereocenters. The number of rotatable bonds is 9. The van der Waals surface area contributed by atoms with Gasteiger partial charge in [0.25, 0.3) is 0 Å². The van der Waals surface area contributed by atoms with Gasteiger partial charge in [0.2, 0.25) is 0 Å². The Bertz CT molecular complexity index is 2790. The van der Waals surface area contributed by atoms with Gasteiger partial charge in [0.15, 0.2) is 5.82 Å². The van der Waals surface area contributed by atoms with Gasteiger partial charge in [0, 0.05) is 16.7 Å². The lowest BCUT2D eigenvalue weighted by Crippen LogP contribution is -1.98. The molecule has 1 aromatic heterocycles. The largest absolute Gasteiger partial charge is 0.300 e. The molecular weight excluding hydrogens is 679 g/mol. The van der Waals surface area contributed by atoms with E-state index < -0.39 is 0 Å². The predicted octanol–water partition coefficient (Wildman–Crippen LogP) is 13.5. The van der Waals surface area contributed by atoms with Gasteiger partial charge in [-0.25, -0.2) is 9.97 Å². The zero-order valence-electron chi connectivity index (χ0n) is 30.7. The van der Waals surface area contributed by atoms with Crippen LogP contribution < -0.4 is 0 Å². The van der Waals surface area contributed by atoms with E-state index in [1.807, 2.05) is 78.9 Å². The molecule has 0 amide bonds.